The zero-order valence-corrected chi connectivity index (χ0v) is 14.9. The quantitative estimate of drug-likeness (QED) is 0.712. The lowest BCUT2D eigenvalue weighted by molar-refractivity contribution is 0.0655. The zero-order chi connectivity index (χ0) is 18.1. The summed E-state index contributed by atoms with van der Waals surface area (Å²) >= 11 is 6.05. The SMILES string of the molecule is Cc1ccc(C2=C[C@H](c3ccco3)N(C(=O)c3cccc(Cl)c3)N2)cc1. The summed E-state index contributed by atoms with van der Waals surface area (Å²) in [6, 6.07) is 18.4. The van der Waals surface area contributed by atoms with Crippen molar-refractivity contribution >= 4 is 23.2 Å². The Kier molecular flexibility index (Phi) is 4.27. The smallest absolute Gasteiger partial charge is 0.273 e. The van der Waals surface area contributed by atoms with Gasteiger partial charge in [-0.25, -0.2) is 5.01 Å². The Morgan fingerprint density at radius 3 is 2.62 bits per heavy atom. The van der Waals surface area contributed by atoms with Crippen LogP contribution in [0.5, 0.6) is 0 Å². The van der Waals surface area contributed by atoms with Crippen LogP contribution in [0.3, 0.4) is 0 Å². The molecular weight excluding hydrogens is 348 g/mol. The predicted molar refractivity (Wildman–Crippen MR) is 101 cm³/mol. The summed E-state index contributed by atoms with van der Waals surface area (Å²) in [7, 11) is 0. The Hall–Kier alpha value is -2.98. The molecule has 3 aromatic rings. The molecule has 0 spiro atoms. The van der Waals surface area contributed by atoms with Crippen molar-refractivity contribution in [2.45, 2.75) is 13.0 Å². The molecule has 0 saturated carbocycles. The molecule has 2 aromatic carbocycles. The Morgan fingerprint density at radius 1 is 1.12 bits per heavy atom. The molecule has 4 rings (SSSR count). The highest BCUT2D eigenvalue weighted by Gasteiger charge is 2.33. The Balaban J connectivity index is 1.70. The molecule has 0 bridgehead atoms. The van der Waals surface area contributed by atoms with Gasteiger partial charge in [0.15, 0.2) is 0 Å². The van der Waals surface area contributed by atoms with E-state index < -0.39 is 0 Å². The molecule has 0 fully saturated rings. The molecule has 0 aliphatic carbocycles. The third-order valence-electron chi connectivity index (χ3n) is 4.33. The van der Waals surface area contributed by atoms with Gasteiger partial charge in [0, 0.05) is 10.6 Å². The number of benzene rings is 2. The first-order valence-electron chi connectivity index (χ1n) is 8.30. The van der Waals surface area contributed by atoms with Crippen LogP contribution < -0.4 is 5.43 Å². The van der Waals surface area contributed by atoms with E-state index in [9.17, 15) is 4.79 Å². The maximum atomic E-state index is 13.1. The van der Waals surface area contributed by atoms with Crippen LogP contribution in [0.2, 0.25) is 5.02 Å². The van der Waals surface area contributed by atoms with E-state index in [1.54, 1.807) is 35.5 Å². The molecule has 1 atom stereocenters. The second-order valence-electron chi connectivity index (χ2n) is 6.20. The van der Waals surface area contributed by atoms with Gasteiger partial charge in [-0.3, -0.25) is 10.2 Å². The van der Waals surface area contributed by atoms with Gasteiger partial charge in [0.05, 0.1) is 12.0 Å². The summed E-state index contributed by atoms with van der Waals surface area (Å²) in [5.41, 5.74) is 6.79. The van der Waals surface area contributed by atoms with Crippen LogP contribution in [0.1, 0.15) is 33.3 Å². The van der Waals surface area contributed by atoms with Crippen molar-refractivity contribution in [1.82, 2.24) is 10.4 Å². The molecule has 0 saturated heterocycles. The zero-order valence-electron chi connectivity index (χ0n) is 14.1. The third kappa shape index (κ3) is 3.11. The number of hydrazine groups is 1. The number of halogens is 1. The second-order valence-corrected chi connectivity index (χ2v) is 6.64. The minimum absolute atomic E-state index is 0.174. The predicted octanol–water partition coefficient (Wildman–Crippen LogP) is 4.98. The number of nitrogens with zero attached hydrogens (tertiary/aromatic N) is 1. The average Bonchev–Trinajstić information content (AvgIpc) is 3.31. The van der Waals surface area contributed by atoms with Crippen molar-refractivity contribution in [3.8, 4) is 0 Å². The lowest BCUT2D eigenvalue weighted by Gasteiger charge is -2.24. The van der Waals surface area contributed by atoms with E-state index in [0.29, 0.717) is 16.3 Å². The minimum Gasteiger partial charge on any atom is -0.467 e. The normalized spacial score (nSPS) is 16.3. The number of aryl methyl sites for hydroxylation is 1. The molecule has 1 aromatic heterocycles. The van der Waals surface area contributed by atoms with Crippen molar-refractivity contribution in [1.29, 1.82) is 0 Å². The van der Waals surface area contributed by atoms with Crippen molar-refractivity contribution in [2.75, 3.05) is 0 Å². The maximum absolute atomic E-state index is 13.1. The summed E-state index contributed by atoms with van der Waals surface area (Å²) in [4.78, 5) is 13.1. The topological polar surface area (TPSA) is 45.5 Å². The van der Waals surface area contributed by atoms with E-state index in [2.05, 4.69) is 5.43 Å². The highest BCUT2D eigenvalue weighted by molar-refractivity contribution is 6.30. The van der Waals surface area contributed by atoms with Gasteiger partial charge < -0.3 is 4.42 Å². The van der Waals surface area contributed by atoms with E-state index >= 15 is 0 Å². The van der Waals surface area contributed by atoms with E-state index in [1.165, 1.54) is 5.56 Å². The summed E-state index contributed by atoms with van der Waals surface area (Å²) in [6.07, 6.45) is 3.60. The van der Waals surface area contributed by atoms with E-state index in [-0.39, 0.29) is 11.9 Å². The first-order valence-corrected chi connectivity index (χ1v) is 8.68. The van der Waals surface area contributed by atoms with Gasteiger partial charge in [-0.1, -0.05) is 47.5 Å². The van der Waals surface area contributed by atoms with Crippen LogP contribution in [0, 0.1) is 6.92 Å². The fourth-order valence-electron chi connectivity index (χ4n) is 2.97. The fraction of sp³-hybridized carbons (Fsp3) is 0.0952. The van der Waals surface area contributed by atoms with Gasteiger partial charge in [0.25, 0.3) is 5.91 Å². The van der Waals surface area contributed by atoms with Crippen LogP contribution in [-0.4, -0.2) is 10.9 Å². The molecule has 26 heavy (non-hydrogen) atoms. The number of amides is 1. The van der Waals surface area contributed by atoms with Gasteiger partial charge >= 0.3 is 0 Å². The Labute approximate surface area is 156 Å². The number of hydrogen-bond acceptors (Lipinski definition) is 3. The van der Waals surface area contributed by atoms with Gasteiger partial charge in [0.2, 0.25) is 0 Å². The number of carbonyl (C=O) groups is 1. The van der Waals surface area contributed by atoms with Crippen molar-refractivity contribution < 1.29 is 9.21 Å². The molecule has 130 valence electrons. The van der Waals surface area contributed by atoms with E-state index in [1.807, 2.05) is 49.4 Å². The van der Waals surface area contributed by atoms with Crippen molar-refractivity contribution in [2.24, 2.45) is 0 Å². The van der Waals surface area contributed by atoms with Gasteiger partial charge in [0.1, 0.15) is 11.8 Å². The monoisotopic (exact) mass is 364 g/mol. The highest BCUT2D eigenvalue weighted by Crippen LogP contribution is 2.32. The van der Waals surface area contributed by atoms with Crippen molar-refractivity contribution in [3.63, 3.8) is 0 Å². The van der Waals surface area contributed by atoms with Crippen LogP contribution >= 0.6 is 11.6 Å². The van der Waals surface area contributed by atoms with Gasteiger partial charge in [-0.2, -0.15) is 0 Å². The summed E-state index contributed by atoms with van der Waals surface area (Å²) in [5, 5.41) is 2.09. The summed E-state index contributed by atoms with van der Waals surface area (Å²) in [6.45, 7) is 2.04. The Morgan fingerprint density at radius 2 is 1.92 bits per heavy atom. The molecule has 5 heteroatoms. The lowest BCUT2D eigenvalue weighted by Crippen LogP contribution is -2.39. The van der Waals surface area contributed by atoms with Crippen LogP contribution in [0.4, 0.5) is 0 Å². The first kappa shape index (κ1) is 16.5. The molecule has 1 aliphatic heterocycles. The first-order chi connectivity index (χ1) is 12.6. The second kappa shape index (κ2) is 6.73. The lowest BCUT2D eigenvalue weighted by atomic mass is 10.1. The standard InChI is InChI=1S/C21H17ClN2O2/c1-14-7-9-15(10-8-14)18-13-19(20-6-3-11-26-20)24(23-18)21(25)16-4-2-5-17(22)12-16/h2-13,19,23H,1H3/t19-/m1/s1. The van der Waals surface area contributed by atoms with Crippen LogP contribution in [0.25, 0.3) is 5.70 Å². The average molecular weight is 365 g/mol. The van der Waals surface area contributed by atoms with E-state index in [4.69, 9.17) is 16.0 Å². The van der Waals surface area contributed by atoms with Gasteiger partial charge in [-0.15, -0.1) is 0 Å². The largest absolute Gasteiger partial charge is 0.467 e. The van der Waals surface area contributed by atoms with Crippen LogP contribution in [-0.2, 0) is 0 Å². The number of furan rings is 1. The summed E-state index contributed by atoms with van der Waals surface area (Å²) < 4.78 is 5.56. The molecule has 1 amide bonds. The third-order valence-corrected chi connectivity index (χ3v) is 4.57. The highest BCUT2D eigenvalue weighted by atomic mass is 35.5. The van der Waals surface area contributed by atoms with Gasteiger partial charge in [-0.05, 0) is 48.9 Å². The molecule has 1 N–H and O–H groups in total. The van der Waals surface area contributed by atoms with E-state index in [0.717, 1.165) is 11.3 Å². The molecule has 4 nitrogen and oxygen atoms in total. The van der Waals surface area contributed by atoms with Crippen LogP contribution in [0.15, 0.2) is 77.4 Å². The number of rotatable bonds is 3. The summed E-state index contributed by atoms with van der Waals surface area (Å²) in [5.74, 6) is 0.516. The maximum Gasteiger partial charge on any atom is 0.273 e. The molecular formula is C21H17ClN2O2. The number of hydrogen-bond donors (Lipinski definition) is 1. The number of nitrogens with one attached hydrogen (secondary N) is 1. The minimum atomic E-state index is -0.340. The fourth-order valence-corrected chi connectivity index (χ4v) is 3.16. The molecule has 0 radical (unpaired) electrons. The molecule has 1 aliphatic rings. The Bertz CT molecular complexity index is 962. The molecule has 0 unspecified atom stereocenters. The number of carbonyl (C=O) groups excluding carboxylic acids is 1. The molecule has 2 heterocycles. The van der Waals surface area contributed by atoms with Crippen molar-refractivity contribution in [3.05, 3.63) is 100 Å².